The van der Waals surface area contributed by atoms with Crippen LogP contribution in [0.1, 0.15) is 47.2 Å². The van der Waals surface area contributed by atoms with Crippen molar-refractivity contribution in [3.05, 3.63) is 15.8 Å². The highest BCUT2D eigenvalue weighted by molar-refractivity contribution is 8.13. The molecule has 7 heteroatoms. The van der Waals surface area contributed by atoms with Gasteiger partial charge in [0, 0.05) is 21.6 Å². The molecule has 1 unspecified atom stereocenters. The SMILES string of the molecule is Cc1sc(C(=O)NC(C)C2CCCC2)cc1S(=O)(=O)Cl. The average molecular weight is 336 g/mol. The van der Waals surface area contributed by atoms with Crippen LogP contribution < -0.4 is 5.32 Å². The lowest BCUT2D eigenvalue weighted by atomic mass is 10.00. The number of carbonyl (C=O) groups excluding carboxylic acids is 1. The molecule has 20 heavy (non-hydrogen) atoms. The van der Waals surface area contributed by atoms with Crippen LogP contribution in [-0.4, -0.2) is 20.4 Å². The number of hydrogen-bond acceptors (Lipinski definition) is 4. The third-order valence-corrected chi connectivity index (χ3v) is 6.45. The normalized spacial score (nSPS) is 18.1. The van der Waals surface area contributed by atoms with Gasteiger partial charge in [-0.05, 0) is 38.7 Å². The van der Waals surface area contributed by atoms with E-state index in [0.29, 0.717) is 15.7 Å². The van der Waals surface area contributed by atoms with Crippen LogP contribution in [0, 0.1) is 12.8 Å². The Morgan fingerprint density at radius 3 is 2.55 bits per heavy atom. The van der Waals surface area contributed by atoms with Crippen LogP contribution in [0.25, 0.3) is 0 Å². The quantitative estimate of drug-likeness (QED) is 0.859. The van der Waals surface area contributed by atoms with E-state index in [-0.39, 0.29) is 16.8 Å². The van der Waals surface area contributed by atoms with E-state index >= 15 is 0 Å². The highest BCUT2D eigenvalue weighted by atomic mass is 35.7. The lowest BCUT2D eigenvalue weighted by Crippen LogP contribution is -2.36. The van der Waals surface area contributed by atoms with Crippen molar-refractivity contribution in [3.63, 3.8) is 0 Å². The predicted molar refractivity (Wildman–Crippen MR) is 81.0 cm³/mol. The third-order valence-electron chi connectivity index (χ3n) is 3.82. The Labute approximate surface area is 127 Å². The molecule has 0 spiro atoms. The molecular weight excluding hydrogens is 318 g/mol. The Hall–Kier alpha value is -0.590. The first-order valence-corrected chi connectivity index (χ1v) is 9.77. The van der Waals surface area contributed by atoms with E-state index in [1.54, 1.807) is 6.92 Å². The zero-order chi connectivity index (χ0) is 14.9. The van der Waals surface area contributed by atoms with Gasteiger partial charge in [-0.2, -0.15) is 0 Å². The molecule has 1 aromatic rings. The van der Waals surface area contributed by atoms with E-state index in [4.69, 9.17) is 10.7 Å². The molecular formula is C13H18ClNO3S2. The van der Waals surface area contributed by atoms with Gasteiger partial charge in [0.15, 0.2) is 0 Å². The van der Waals surface area contributed by atoms with Crippen LogP contribution in [-0.2, 0) is 9.05 Å². The van der Waals surface area contributed by atoms with Crippen molar-refractivity contribution in [2.75, 3.05) is 0 Å². The number of nitrogens with one attached hydrogen (secondary N) is 1. The van der Waals surface area contributed by atoms with Gasteiger partial charge in [-0.25, -0.2) is 8.42 Å². The molecule has 1 saturated carbocycles. The minimum absolute atomic E-state index is 0.0304. The number of rotatable bonds is 4. The second-order valence-corrected chi connectivity index (χ2v) is 9.07. The van der Waals surface area contributed by atoms with Crippen molar-refractivity contribution in [1.82, 2.24) is 5.32 Å². The van der Waals surface area contributed by atoms with Crippen molar-refractivity contribution in [2.24, 2.45) is 5.92 Å². The zero-order valence-electron chi connectivity index (χ0n) is 11.5. The van der Waals surface area contributed by atoms with E-state index in [0.717, 1.165) is 24.2 Å². The van der Waals surface area contributed by atoms with E-state index < -0.39 is 9.05 Å². The van der Waals surface area contributed by atoms with E-state index in [2.05, 4.69) is 5.32 Å². The summed E-state index contributed by atoms with van der Waals surface area (Å²) >= 11 is 1.16. The van der Waals surface area contributed by atoms with Gasteiger partial charge in [0.1, 0.15) is 0 Å². The summed E-state index contributed by atoms with van der Waals surface area (Å²) in [6, 6.07) is 1.47. The minimum atomic E-state index is -3.79. The summed E-state index contributed by atoms with van der Waals surface area (Å²) in [5.41, 5.74) is 0. The standard InChI is InChI=1S/C13H18ClNO3S2/c1-8(10-5-3-4-6-10)15-13(16)11-7-12(9(2)19-11)20(14,17)18/h7-8,10H,3-6H2,1-2H3,(H,15,16). The summed E-state index contributed by atoms with van der Waals surface area (Å²) in [4.78, 5) is 13.1. The Bertz CT molecular complexity index is 603. The van der Waals surface area contributed by atoms with Gasteiger partial charge in [0.2, 0.25) is 0 Å². The molecule has 0 bridgehead atoms. The fraction of sp³-hybridized carbons (Fsp3) is 0.615. The minimum Gasteiger partial charge on any atom is -0.349 e. The van der Waals surface area contributed by atoms with Crippen molar-refractivity contribution in [2.45, 2.75) is 50.5 Å². The van der Waals surface area contributed by atoms with Gasteiger partial charge in [-0.15, -0.1) is 11.3 Å². The van der Waals surface area contributed by atoms with Crippen molar-refractivity contribution < 1.29 is 13.2 Å². The molecule has 0 aliphatic heterocycles. The Morgan fingerprint density at radius 1 is 1.45 bits per heavy atom. The van der Waals surface area contributed by atoms with Crippen LogP contribution in [0.15, 0.2) is 11.0 Å². The number of hydrogen-bond donors (Lipinski definition) is 1. The summed E-state index contributed by atoms with van der Waals surface area (Å²) in [5.74, 6) is 0.306. The highest BCUT2D eigenvalue weighted by Crippen LogP contribution is 2.30. The van der Waals surface area contributed by atoms with Crippen LogP contribution in [0.2, 0.25) is 0 Å². The predicted octanol–water partition coefficient (Wildman–Crippen LogP) is 3.29. The molecule has 1 aliphatic rings. The number of halogens is 1. The molecule has 0 radical (unpaired) electrons. The monoisotopic (exact) mass is 335 g/mol. The maximum absolute atomic E-state index is 12.2. The first-order chi connectivity index (χ1) is 9.29. The van der Waals surface area contributed by atoms with Gasteiger partial charge < -0.3 is 5.32 Å². The van der Waals surface area contributed by atoms with Crippen molar-refractivity contribution >= 4 is 37.0 Å². The molecule has 1 aromatic heterocycles. The van der Waals surface area contributed by atoms with Crippen LogP contribution in [0.3, 0.4) is 0 Å². The molecule has 2 rings (SSSR count). The fourth-order valence-electron chi connectivity index (χ4n) is 2.67. The summed E-state index contributed by atoms with van der Waals surface area (Å²) in [6.45, 7) is 3.66. The molecule has 1 heterocycles. The fourth-order valence-corrected chi connectivity index (χ4v) is 5.24. The molecule has 1 N–H and O–H groups in total. The van der Waals surface area contributed by atoms with Gasteiger partial charge in [0.25, 0.3) is 15.0 Å². The summed E-state index contributed by atoms with van der Waals surface area (Å²) < 4.78 is 22.7. The van der Waals surface area contributed by atoms with Crippen LogP contribution >= 0.6 is 22.0 Å². The van der Waals surface area contributed by atoms with Crippen molar-refractivity contribution in [1.29, 1.82) is 0 Å². The molecule has 1 fully saturated rings. The molecule has 0 saturated heterocycles. The molecule has 1 amide bonds. The Balaban J connectivity index is 2.10. The maximum atomic E-state index is 12.2. The molecule has 4 nitrogen and oxygen atoms in total. The van der Waals surface area contributed by atoms with E-state index in [9.17, 15) is 13.2 Å². The summed E-state index contributed by atoms with van der Waals surface area (Å²) in [7, 11) is 1.55. The van der Waals surface area contributed by atoms with Gasteiger partial charge in [-0.3, -0.25) is 4.79 Å². The average Bonchev–Trinajstić information content (AvgIpc) is 2.95. The smallest absolute Gasteiger partial charge is 0.262 e. The molecule has 112 valence electrons. The maximum Gasteiger partial charge on any atom is 0.262 e. The Kier molecular flexibility index (Phi) is 4.76. The van der Waals surface area contributed by atoms with Gasteiger partial charge in [-0.1, -0.05) is 12.8 Å². The number of carbonyl (C=O) groups is 1. The number of aryl methyl sites for hydroxylation is 1. The lowest BCUT2D eigenvalue weighted by Gasteiger charge is -2.19. The largest absolute Gasteiger partial charge is 0.349 e. The first-order valence-electron chi connectivity index (χ1n) is 6.65. The summed E-state index contributed by atoms with van der Waals surface area (Å²) in [6.07, 6.45) is 4.73. The van der Waals surface area contributed by atoms with E-state index in [1.165, 1.54) is 18.9 Å². The second-order valence-electron chi connectivity index (χ2n) is 5.28. The van der Waals surface area contributed by atoms with Gasteiger partial charge >= 0.3 is 0 Å². The van der Waals surface area contributed by atoms with Crippen molar-refractivity contribution in [3.8, 4) is 0 Å². The van der Waals surface area contributed by atoms with E-state index in [1.807, 2.05) is 6.92 Å². The summed E-state index contributed by atoms with van der Waals surface area (Å²) in [5, 5.41) is 2.96. The van der Waals surface area contributed by atoms with Gasteiger partial charge in [0.05, 0.1) is 9.77 Å². The molecule has 1 atom stereocenters. The highest BCUT2D eigenvalue weighted by Gasteiger charge is 2.25. The third kappa shape index (κ3) is 3.54. The lowest BCUT2D eigenvalue weighted by molar-refractivity contribution is 0.0931. The number of thiophene rings is 1. The zero-order valence-corrected chi connectivity index (χ0v) is 13.9. The first kappa shape index (κ1) is 15.8. The Morgan fingerprint density at radius 2 is 2.05 bits per heavy atom. The van der Waals surface area contributed by atoms with Crippen LogP contribution in [0.5, 0.6) is 0 Å². The topological polar surface area (TPSA) is 63.2 Å². The van der Waals surface area contributed by atoms with Crippen LogP contribution in [0.4, 0.5) is 0 Å². The molecule has 0 aromatic carbocycles. The molecule has 1 aliphatic carbocycles. The number of amides is 1. The second kappa shape index (κ2) is 6.03.